The number of halogens is 1. The van der Waals surface area contributed by atoms with Crippen LogP contribution in [0.15, 0.2) is 36.5 Å². The van der Waals surface area contributed by atoms with Gasteiger partial charge in [0.1, 0.15) is 0 Å². The molecule has 2 saturated heterocycles. The van der Waals surface area contributed by atoms with Crippen LogP contribution in [0, 0.1) is 0 Å². The van der Waals surface area contributed by atoms with Gasteiger partial charge in [-0.25, -0.2) is 9.78 Å². The zero-order chi connectivity index (χ0) is 25.3. The van der Waals surface area contributed by atoms with E-state index in [-0.39, 0.29) is 5.88 Å². The molecule has 9 nitrogen and oxygen atoms in total. The van der Waals surface area contributed by atoms with E-state index in [2.05, 4.69) is 27.1 Å². The number of hydrogen-bond acceptors (Lipinski definition) is 7. The highest BCUT2D eigenvalue weighted by molar-refractivity contribution is 6.31. The zero-order valence-corrected chi connectivity index (χ0v) is 21.5. The van der Waals surface area contributed by atoms with Crippen molar-refractivity contribution in [2.75, 3.05) is 58.2 Å². The normalized spacial score (nSPS) is 23.3. The summed E-state index contributed by atoms with van der Waals surface area (Å²) in [6.45, 7) is 7.01. The van der Waals surface area contributed by atoms with Crippen LogP contribution < -0.4 is 10.1 Å². The summed E-state index contributed by atoms with van der Waals surface area (Å²) in [5, 5.41) is 3.29. The number of carbonyl (C=O) groups excluding carboxylic acids is 2. The number of piperidine rings is 1. The first-order chi connectivity index (χ1) is 17.4. The molecule has 3 aliphatic rings. The predicted molar refractivity (Wildman–Crippen MR) is 136 cm³/mol. The molecule has 1 N–H and O–H groups in total. The maximum Gasteiger partial charge on any atom is 0.411 e. The number of anilines is 1. The van der Waals surface area contributed by atoms with E-state index >= 15 is 0 Å². The molecule has 0 spiro atoms. The van der Waals surface area contributed by atoms with Crippen LogP contribution in [0.3, 0.4) is 0 Å². The maximum absolute atomic E-state index is 13.6. The molecule has 1 atom stereocenters. The van der Waals surface area contributed by atoms with Crippen LogP contribution in [-0.4, -0.2) is 90.6 Å². The topological polar surface area (TPSA) is 87.2 Å². The summed E-state index contributed by atoms with van der Waals surface area (Å²) in [6, 6.07) is 9.01. The molecular weight excluding hydrogens is 482 g/mol. The van der Waals surface area contributed by atoms with Crippen molar-refractivity contribution in [3.63, 3.8) is 0 Å². The minimum absolute atomic E-state index is 0.239. The van der Waals surface area contributed by atoms with E-state index in [0.717, 1.165) is 39.0 Å². The van der Waals surface area contributed by atoms with Crippen LogP contribution in [0.4, 0.5) is 10.5 Å². The lowest BCUT2D eigenvalue weighted by atomic mass is 9.87. The highest BCUT2D eigenvalue weighted by Gasteiger charge is 2.55. The molecule has 192 valence electrons. The Kier molecular flexibility index (Phi) is 7.05. The van der Waals surface area contributed by atoms with Crippen LogP contribution in [-0.2, 0) is 15.1 Å². The van der Waals surface area contributed by atoms with Gasteiger partial charge in [0.05, 0.1) is 12.2 Å². The van der Waals surface area contributed by atoms with E-state index in [1.54, 1.807) is 41.4 Å². The largest absolute Gasteiger partial charge is 0.478 e. The molecule has 0 radical (unpaired) electrons. The number of piperazine rings is 1. The monoisotopic (exact) mass is 513 g/mol. The summed E-state index contributed by atoms with van der Waals surface area (Å²) in [7, 11) is 2.16. The van der Waals surface area contributed by atoms with E-state index in [1.807, 2.05) is 6.92 Å². The van der Waals surface area contributed by atoms with Gasteiger partial charge in [-0.1, -0.05) is 11.6 Å². The molecule has 10 heteroatoms. The minimum Gasteiger partial charge on any atom is -0.478 e. The number of nitrogens with zero attached hydrogens (tertiary/aromatic N) is 4. The van der Waals surface area contributed by atoms with Gasteiger partial charge in [-0.3, -0.25) is 9.69 Å². The summed E-state index contributed by atoms with van der Waals surface area (Å²) < 4.78 is 11.9. The van der Waals surface area contributed by atoms with Crippen LogP contribution in [0.2, 0.25) is 5.02 Å². The lowest BCUT2D eigenvalue weighted by molar-refractivity contribution is -0.131. The molecule has 5 rings (SSSR count). The molecule has 1 aromatic heterocycles. The second kappa shape index (κ2) is 10.2. The van der Waals surface area contributed by atoms with Crippen molar-refractivity contribution in [3.8, 4) is 5.88 Å². The smallest absolute Gasteiger partial charge is 0.411 e. The van der Waals surface area contributed by atoms with Crippen LogP contribution in [0.1, 0.15) is 30.9 Å². The number of rotatable bonds is 5. The van der Waals surface area contributed by atoms with Crippen molar-refractivity contribution in [2.24, 2.45) is 0 Å². The Hall–Kier alpha value is -2.88. The third kappa shape index (κ3) is 4.51. The fourth-order valence-electron chi connectivity index (χ4n) is 5.41. The Morgan fingerprint density at radius 1 is 1.14 bits per heavy atom. The van der Waals surface area contributed by atoms with Crippen LogP contribution in [0.25, 0.3) is 0 Å². The predicted octanol–water partition coefficient (Wildman–Crippen LogP) is 3.18. The minimum atomic E-state index is -1.76. The third-order valence-corrected chi connectivity index (χ3v) is 7.61. The van der Waals surface area contributed by atoms with Crippen molar-refractivity contribution in [1.29, 1.82) is 0 Å². The molecule has 1 unspecified atom stereocenters. The number of aromatic nitrogens is 1. The number of amides is 2. The van der Waals surface area contributed by atoms with Gasteiger partial charge in [0.2, 0.25) is 11.5 Å². The molecule has 36 heavy (non-hydrogen) atoms. The molecule has 2 amide bonds. The second-order valence-corrected chi connectivity index (χ2v) is 9.98. The van der Waals surface area contributed by atoms with Crippen molar-refractivity contribution < 1.29 is 19.1 Å². The number of benzene rings is 1. The first-order valence-electron chi connectivity index (χ1n) is 12.5. The zero-order valence-electron chi connectivity index (χ0n) is 20.7. The first kappa shape index (κ1) is 24.8. The fraction of sp³-hybridized carbons (Fsp3) is 0.500. The molecule has 4 heterocycles. The third-order valence-electron chi connectivity index (χ3n) is 7.38. The molecule has 3 aliphatic heterocycles. The summed E-state index contributed by atoms with van der Waals surface area (Å²) >= 11 is 6.33. The van der Waals surface area contributed by atoms with Gasteiger partial charge >= 0.3 is 6.09 Å². The van der Waals surface area contributed by atoms with Gasteiger partial charge < -0.3 is 24.6 Å². The highest BCUT2D eigenvalue weighted by Crippen LogP contribution is 2.47. The summed E-state index contributed by atoms with van der Waals surface area (Å²) in [5.41, 5.74) is -0.396. The van der Waals surface area contributed by atoms with E-state index in [4.69, 9.17) is 21.1 Å². The number of nitrogens with one attached hydrogen (secondary N) is 1. The highest BCUT2D eigenvalue weighted by atomic mass is 35.5. The summed E-state index contributed by atoms with van der Waals surface area (Å²) in [5.74, 6) is -0.241. The van der Waals surface area contributed by atoms with E-state index in [9.17, 15) is 9.59 Å². The SMILES string of the molecule is CCOc1ncccc1C1(OC(=O)N2CCN(C3CCN(C)CC3)CC2)C(=O)Nc2ccc(Cl)cc21. The Labute approximate surface area is 216 Å². The Morgan fingerprint density at radius 2 is 1.89 bits per heavy atom. The van der Waals surface area contributed by atoms with Gasteiger partial charge in [0.15, 0.2) is 0 Å². The van der Waals surface area contributed by atoms with Crippen LogP contribution in [0.5, 0.6) is 5.88 Å². The number of ether oxygens (including phenoxy) is 2. The fourth-order valence-corrected chi connectivity index (χ4v) is 5.58. The first-order valence-corrected chi connectivity index (χ1v) is 12.9. The van der Waals surface area contributed by atoms with Gasteiger partial charge in [-0.15, -0.1) is 0 Å². The number of fused-ring (bicyclic) bond motifs is 1. The second-order valence-electron chi connectivity index (χ2n) is 9.54. The van der Waals surface area contributed by atoms with E-state index in [0.29, 0.717) is 47.6 Å². The van der Waals surface area contributed by atoms with Crippen molar-refractivity contribution in [2.45, 2.75) is 31.4 Å². The average Bonchev–Trinajstić information content (AvgIpc) is 3.16. The molecular formula is C26H32ClN5O4. The Balaban J connectivity index is 1.41. The number of likely N-dealkylation sites (tertiary alicyclic amines) is 1. The van der Waals surface area contributed by atoms with Gasteiger partial charge in [-0.2, -0.15) is 0 Å². The van der Waals surface area contributed by atoms with Crippen molar-refractivity contribution in [1.82, 2.24) is 19.7 Å². The standard InChI is InChI=1S/C26H32ClN5O4/c1-3-35-23-20(5-4-10-28-23)26(21-17-18(27)6-7-22(21)29-24(26)33)36-25(34)32-15-13-31(14-16-32)19-8-11-30(2)12-9-19/h4-7,10,17,19H,3,8-9,11-16H2,1-2H3,(H,29,33). The molecule has 1 aromatic carbocycles. The van der Waals surface area contributed by atoms with Crippen molar-refractivity contribution in [3.05, 3.63) is 52.7 Å². The average molecular weight is 514 g/mol. The van der Waals surface area contributed by atoms with Crippen LogP contribution >= 0.6 is 11.6 Å². The number of carbonyl (C=O) groups is 2. The van der Waals surface area contributed by atoms with E-state index in [1.165, 1.54) is 0 Å². The molecule has 2 fully saturated rings. The van der Waals surface area contributed by atoms with Crippen molar-refractivity contribution >= 4 is 29.3 Å². The Bertz CT molecular complexity index is 1130. The summed E-state index contributed by atoms with van der Waals surface area (Å²) in [4.78, 5) is 38.0. The Morgan fingerprint density at radius 3 is 2.61 bits per heavy atom. The lowest BCUT2D eigenvalue weighted by Gasteiger charge is -2.42. The van der Waals surface area contributed by atoms with Gasteiger partial charge in [0.25, 0.3) is 5.91 Å². The molecule has 0 bridgehead atoms. The lowest BCUT2D eigenvalue weighted by Crippen LogP contribution is -2.55. The van der Waals surface area contributed by atoms with E-state index < -0.39 is 17.6 Å². The molecule has 0 saturated carbocycles. The maximum atomic E-state index is 13.6. The number of pyridine rings is 1. The summed E-state index contributed by atoms with van der Waals surface area (Å²) in [6.07, 6.45) is 3.32. The number of hydrogen-bond donors (Lipinski definition) is 1. The molecule has 2 aromatic rings. The molecule has 0 aliphatic carbocycles. The van der Waals surface area contributed by atoms with Gasteiger partial charge in [-0.05, 0) is 70.2 Å². The quantitative estimate of drug-likeness (QED) is 0.657. The van der Waals surface area contributed by atoms with Gasteiger partial charge in [0, 0.05) is 54.7 Å².